The molecule has 1 aliphatic rings. The van der Waals surface area contributed by atoms with Crippen LogP contribution in [0.4, 0.5) is 0 Å². The molecule has 1 atom stereocenters. The number of carbonyl (C=O) groups is 1. The lowest BCUT2D eigenvalue weighted by Crippen LogP contribution is -2.30. The second-order valence-corrected chi connectivity index (χ2v) is 8.41. The van der Waals surface area contributed by atoms with Crippen LogP contribution in [0.3, 0.4) is 0 Å². The van der Waals surface area contributed by atoms with Crippen molar-refractivity contribution in [2.24, 2.45) is 0 Å². The number of thiophene rings is 1. The van der Waals surface area contributed by atoms with E-state index in [0.29, 0.717) is 11.6 Å². The fourth-order valence-electron chi connectivity index (χ4n) is 4.22. The number of aromatic nitrogens is 2. The summed E-state index contributed by atoms with van der Waals surface area (Å²) in [5.41, 5.74) is 3.04. The Morgan fingerprint density at radius 1 is 1.14 bits per heavy atom. The van der Waals surface area contributed by atoms with Crippen molar-refractivity contribution >= 4 is 27.5 Å². The molecule has 0 N–H and O–H groups in total. The lowest BCUT2D eigenvalue weighted by Gasteiger charge is -2.25. The summed E-state index contributed by atoms with van der Waals surface area (Å²) in [6.07, 6.45) is 3.64. The molecule has 1 aromatic carbocycles. The fourth-order valence-corrected chi connectivity index (χ4v) is 5.41. The van der Waals surface area contributed by atoms with Gasteiger partial charge in [-0.2, -0.15) is 0 Å². The Morgan fingerprint density at radius 2 is 1.97 bits per heavy atom. The highest BCUT2D eigenvalue weighted by molar-refractivity contribution is 7.20. The van der Waals surface area contributed by atoms with Crippen molar-refractivity contribution in [3.63, 3.8) is 0 Å². The van der Waals surface area contributed by atoms with Crippen molar-refractivity contribution in [1.29, 1.82) is 0 Å². The largest absolute Gasteiger partial charge is 0.461 e. The zero-order chi connectivity index (χ0) is 20.0. The van der Waals surface area contributed by atoms with Crippen molar-refractivity contribution in [2.45, 2.75) is 32.7 Å². The van der Waals surface area contributed by atoms with E-state index in [4.69, 9.17) is 4.42 Å². The van der Waals surface area contributed by atoms with Crippen LogP contribution >= 0.6 is 11.3 Å². The Morgan fingerprint density at radius 3 is 2.72 bits per heavy atom. The lowest BCUT2D eigenvalue weighted by molar-refractivity contribution is 0.0740. The first-order valence-electron chi connectivity index (χ1n) is 9.81. The van der Waals surface area contributed by atoms with E-state index in [-0.39, 0.29) is 11.9 Å². The number of aryl methyl sites for hydroxylation is 2. The average Bonchev–Trinajstić information content (AvgIpc) is 3.48. The van der Waals surface area contributed by atoms with Crippen LogP contribution < -0.4 is 0 Å². The molecule has 6 heteroatoms. The van der Waals surface area contributed by atoms with Gasteiger partial charge in [-0.15, -0.1) is 11.3 Å². The number of rotatable bonds is 3. The maximum atomic E-state index is 13.5. The fraction of sp³-hybridized carbons (Fsp3) is 0.261. The van der Waals surface area contributed by atoms with E-state index >= 15 is 0 Å². The minimum Gasteiger partial charge on any atom is -0.461 e. The van der Waals surface area contributed by atoms with Crippen LogP contribution in [0.2, 0.25) is 0 Å². The van der Waals surface area contributed by atoms with Crippen molar-refractivity contribution in [1.82, 2.24) is 14.9 Å². The molecule has 5 rings (SSSR count). The first kappa shape index (κ1) is 18.1. The van der Waals surface area contributed by atoms with Gasteiger partial charge in [-0.3, -0.25) is 4.79 Å². The predicted molar refractivity (Wildman–Crippen MR) is 114 cm³/mol. The molecule has 0 bridgehead atoms. The van der Waals surface area contributed by atoms with Crippen molar-refractivity contribution < 1.29 is 9.21 Å². The van der Waals surface area contributed by atoms with Crippen LogP contribution in [-0.2, 0) is 0 Å². The monoisotopic (exact) mass is 403 g/mol. The van der Waals surface area contributed by atoms with Gasteiger partial charge in [0.1, 0.15) is 4.83 Å². The van der Waals surface area contributed by atoms with Gasteiger partial charge in [0.15, 0.2) is 11.6 Å². The third kappa shape index (κ3) is 3.04. The Labute approximate surface area is 173 Å². The Hall–Kier alpha value is -2.99. The summed E-state index contributed by atoms with van der Waals surface area (Å²) in [6, 6.07) is 14.1. The zero-order valence-corrected chi connectivity index (χ0v) is 17.2. The standard InChI is InChI=1S/C23H21N3O2S/c1-14-19-15(2)24-21(18-11-7-13-28-18)25-22(19)29-20(14)23(27)26-12-6-10-17(26)16-8-4-3-5-9-16/h3-5,7-9,11,13,17H,6,10,12H2,1-2H3. The van der Waals surface area contributed by atoms with Crippen LogP contribution in [0.5, 0.6) is 0 Å². The summed E-state index contributed by atoms with van der Waals surface area (Å²) in [4.78, 5) is 26.4. The van der Waals surface area contributed by atoms with Gasteiger partial charge in [0.25, 0.3) is 5.91 Å². The van der Waals surface area contributed by atoms with Gasteiger partial charge in [0.05, 0.1) is 22.9 Å². The van der Waals surface area contributed by atoms with Crippen LogP contribution in [0.25, 0.3) is 21.8 Å². The lowest BCUT2D eigenvalue weighted by atomic mass is 10.0. The van der Waals surface area contributed by atoms with E-state index in [2.05, 4.69) is 22.1 Å². The highest BCUT2D eigenvalue weighted by atomic mass is 32.1. The first-order chi connectivity index (χ1) is 14.1. The number of amides is 1. The molecule has 1 aliphatic heterocycles. The van der Waals surface area contributed by atoms with Gasteiger partial charge in [-0.05, 0) is 49.9 Å². The molecule has 0 spiro atoms. The summed E-state index contributed by atoms with van der Waals surface area (Å²) < 4.78 is 5.46. The van der Waals surface area contributed by atoms with Gasteiger partial charge in [0.2, 0.25) is 0 Å². The van der Waals surface area contributed by atoms with E-state index in [1.165, 1.54) is 16.9 Å². The molecule has 4 aromatic rings. The molecule has 29 heavy (non-hydrogen) atoms. The van der Waals surface area contributed by atoms with Gasteiger partial charge in [-0.1, -0.05) is 30.3 Å². The second-order valence-electron chi connectivity index (χ2n) is 7.41. The quantitative estimate of drug-likeness (QED) is 0.450. The number of hydrogen-bond acceptors (Lipinski definition) is 5. The highest BCUT2D eigenvalue weighted by Crippen LogP contribution is 2.38. The third-order valence-electron chi connectivity index (χ3n) is 5.60. The molecule has 0 saturated carbocycles. The normalized spacial score (nSPS) is 16.6. The summed E-state index contributed by atoms with van der Waals surface area (Å²) in [5, 5.41) is 0.976. The average molecular weight is 404 g/mol. The van der Waals surface area contributed by atoms with E-state index in [1.807, 2.05) is 49.1 Å². The van der Waals surface area contributed by atoms with Crippen LogP contribution in [0.15, 0.2) is 53.1 Å². The first-order valence-corrected chi connectivity index (χ1v) is 10.6. The predicted octanol–water partition coefficient (Wildman–Crippen LogP) is 5.55. The summed E-state index contributed by atoms with van der Waals surface area (Å²) in [7, 11) is 0. The van der Waals surface area contributed by atoms with E-state index in [9.17, 15) is 4.79 Å². The number of furan rings is 1. The SMILES string of the molecule is Cc1nc(-c2ccco2)nc2sc(C(=O)N3CCCC3c3ccccc3)c(C)c12. The molecule has 0 radical (unpaired) electrons. The topological polar surface area (TPSA) is 59.2 Å². The molecule has 1 fully saturated rings. The number of benzene rings is 1. The zero-order valence-electron chi connectivity index (χ0n) is 16.4. The highest BCUT2D eigenvalue weighted by Gasteiger charge is 2.32. The van der Waals surface area contributed by atoms with Gasteiger partial charge in [0, 0.05) is 11.9 Å². The molecule has 1 amide bonds. The molecule has 146 valence electrons. The molecule has 0 aliphatic carbocycles. The molecular weight excluding hydrogens is 382 g/mol. The smallest absolute Gasteiger partial charge is 0.264 e. The summed E-state index contributed by atoms with van der Waals surface area (Å²) in [6.45, 7) is 4.75. The minimum absolute atomic E-state index is 0.0933. The van der Waals surface area contributed by atoms with Crippen molar-refractivity contribution in [3.05, 3.63) is 70.4 Å². The van der Waals surface area contributed by atoms with E-state index in [1.54, 1.807) is 6.26 Å². The second kappa shape index (κ2) is 7.12. The van der Waals surface area contributed by atoms with Crippen LogP contribution in [0.1, 0.15) is 45.4 Å². The Balaban J connectivity index is 1.55. The summed E-state index contributed by atoms with van der Waals surface area (Å²) in [5.74, 6) is 1.29. The van der Waals surface area contributed by atoms with Gasteiger partial charge in [-0.25, -0.2) is 9.97 Å². The molecule has 3 aromatic heterocycles. The maximum Gasteiger partial charge on any atom is 0.264 e. The van der Waals surface area contributed by atoms with Crippen LogP contribution in [-0.4, -0.2) is 27.3 Å². The van der Waals surface area contributed by atoms with Crippen molar-refractivity contribution in [2.75, 3.05) is 6.54 Å². The van der Waals surface area contributed by atoms with Gasteiger partial charge < -0.3 is 9.32 Å². The Bertz CT molecular complexity index is 1180. The number of hydrogen-bond donors (Lipinski definition) is 0. The van der Waals surface area contributed by atoms with E-state index < -0.39 is 0 Å². The van der Waals surface area contributed by atoms with Crippen molar-refractivity contribution in [3.8, 4) is 11.6 Å². The number of fused-ring (bicyclic) bond motifs is 1. The molecule has 1 unspecified atom stereocenters. The van der Waals surface area contributed by atoms with Crippen LogP contribution in [0, 0.1) is 13.8 Å². The number of nitrogens with zero attached hydrogens (tertiary/aromatic N) is 3. The third-order valence-corrected chi connectivity index (χ3v) is 6.78. The number of likely N-dealkylation sites (tertiary alicyclic amines) is 1. The molecule has 1 saturated heterocycles. The van der Waals surface area contributed by atoms with Gasteiger partial charge >= 0.3 is 0 Å². The minimum atomic E-state index is 0.0933. The maximum absolute atomic E-state index is 13.5. The molecular formula is C23H21N3O2S. The van der Waals surface area contributed by atoms with E-state index in [0.717, 1.165) is 45.7 Å². The molecule has 5 nitrogen and oxygen atoms in total. The summed E-state index contributed by atoms with van der Waals surface area (Å²) >= 11 is 1.46. The molecule has 4 heterocycles. The Kier molecular flexibility index (Phi) is 4.43. The number of carbonyl (C=O) groups excluding carboxylic acids is 1.